The van der Waals surface area contributed by atoms with E-state index in [1.807, 2.05) is 11.8 Å². The van der Waals surface area contributed by atoms with Gasteiger partial charge in [0.2, 0.25) is 5.91 Å². The summed E-state index contributed by atoms with van der Waals surface area (Å²) in [4.78, 5) is 14.8. The standard InChI is InChI=1S/C21H29NO3/c1-2-25-19-14-18(23)21(19)9-11-22(12-10-21)20(24)13-16-8-7-15-5-3-4-6-17(15)16/h3-6,16,18-19,23H,2,7-14H2,1H3/t16-,18+,19+/m0/s1. The van der Waals surface area contributed by atoms with E-state index in [-0.39, 0.29) is 23.5 Å². The quantitative estimate of drug-likeness (QED) is 0.914. The Hall–Kier alpha value is -1.39. The van der Waals surface area contributed by atoms with E-state index in [9.17, 15) is 9.90 Å². The van der Waals surface area contributed by atoms with Gasteiger partial charge in [-0.2, -0.15) is 0 Å². The van der Waals surface area contributed by atoms with E-state index in [2.05, 4.69) is 24.3 Å². The van der Waals surface area contributed by atoms with Crippen LogP contribution in [0.3, 0.4) is 0 Å². The SMILES string of the molecule is CCO[C@@H]1C[C@@H](O)C12CCN(C(=O)C[C@@H]1CCc3ccccc31)CC2. The molecule has 4 rings (SSSR count). The van der Waals surface area contributed by atoms with Crippen LogP contribution in [0.15, 0.2) is 24.3 Å². The first-order chi connectivity index (χ1) is 12.1. The molecule has 1 saturated heterocycles. The summed E-state index contributed by atoms with van der Waals surface area (Å²) in [7, 11) is 0. The van der Waals surface area contributed by atoms with Crippen LogP contribution in [-0.4, -0.2) is 47.8 Å². The van der Waals surface area contributed by atoms with E-state index in [0.717, 1.165) is 45.2 Å². The Bertz CT molecular complexity index is 634. The lowest BCUT2D eigenvalue weighted by Crippen LogP contribution is -2.62. The highest BCUT2D eigenvalue weighted by Gasteiger charge is 2.56. The smallest absolute Gasteiger partial charge is 0.223 e. The molecule has 0 bridgehead atoms. The number of aryl methyl sites for hydroxylation is 1. The van der Waals surface area contributed by atoms with E-state index in [0.29, 0.717) is 18.9 Å². The Balaban J connectivity index is 1.35. The van der Waals surface area contributed by atoms with Gasteiger partial charge >= 0.3 is 0 Å². The maximum absolute atomic E-state index is 12.8. The lowest BCUT2D eigenvalue weighted by Gasteiger charge is -2.56. The molecule has 0 unspecified atom stereocenters. The molecule has 1 N–H and O–H groups in total. The van der Waals surface area contributed by atoms with E-state index < -0.39 is 0 Å². The highest BCUT2D eigenvalue weighted by atomic mass is 16.5. The normalized spacial score (nSPS) is 30.2. The molecule has 1 saturated carbocycles. The first kappa shape index (κ1) is 17.0. The number of carbonyl (C=O) groups excluding carboxylic acids is 1. The molecule has 3 atom stereocenters. The number of piperidine rings is 1. The van der Waals surface area contributed by atoms with Gasteiger partial charge in [-0.05, 0) is 49.7 Å². The molecule has 3 aliphatic rings. The minimum atomic E-state index is -0.261. The van der Waals surface area contributed by atoms with Crippen molar-refractivity contribution in [2.24, 2.45) is 5.41 Å². The molecule has 1 heterocycles. The molecule has 1 amide bonds. The molecule has 1 aliphatic heterocycles. The summed E-state index contributed by atoms with van der Waals surface area (Å²) in [5, 5.41) is 10.3. The summed E-state index contributed by atoms with van der Waals surface area (Å²) >= 11 is 0. The number of hydrogen-bond acceptors (Lipinski definition) is 3. The molecule has 4 heteroatoms. The third kappa shape index (κ3) is 2.89. The number of fused-ring (bicyclic) bond motifs is 1. The van der Waals surface area contributed by atoms with Crippen LogP contribution in [0.5, 0.6) is 0 Å². The Morgan fingerprint density at radius 3 is 2.80 bits per heavy atom. The van der Waals surface area contributed by atoms with Crippen molar-refractivity contribution < 1.29 is 14.6 Å². The third-order valence-corrected chi connectivity index (χ3v) is 6.84. The van der Waals surface area contributed by atoms with Crippen LogP contribution < -0.4 is 0 Å². The maximum atomic E-state index is 12.8. The van der Waals surface area contributed by atoms with Gasteiger partial charge in [-0.25, -0.2) is 0 Å². The molecule has 1 aromatic rings. The molecule has 0 aromatic heterocycles. The van der Waals surface area contributed by atoms with Gasteiger partial charge < -0.3 is 14.7 Å². The summed E-state index contributed by atoms with van der Waals surface area (Å²) in [5.74, 6) is 0.656. The number of likely N-dealkylation sites (tertiary alicyclic amines) is 1. The largest absolute Gasteiger partial charge is 0.392 e. The number of aliphatic hydroxyl groups excluding tert-OH is 1. The highest BCUT2D eigenvalue weighted by Crippen LogP contribution is 2.51. The van der Waals surface area contributed by atoms with E-state index in [4.69, 9.17) is 4.74 Å². The average Bonchev–Trinajstić information content (AvgIpc) is 3.05. The van der Waals surface area contributed by atoms with Crippen LogP contribution in [0.4, 0.5) is 0 Å². The predicted octanol–water partition coefficient (Wildman–Crippen LogP) is 2.89. The van der Waals surface area contributed by atoms with Crippen molar-refractivity contribution in [1.82, 2.24) is 4.90 Å². The van der Waals surface area contributed by atoms with Gasteiger partial charge in [-0.3, -0.25) is 4.79 Å². The Morgan fingerprint density at radius 1 is 1.32 bits per heavy atom. The Morgan fingerprint density at radius 2 is 2.08 bits per heavy atom. The molecule has 1 spiro atoms. The Kier molecular flexibility index (Phi) is 4.59. The second kappa shape index (κ2) is 6.73. The molecule has 1 aromatic carbocycles. The number of hydrogen-bond donors (Lipinski definition) is 1. The van der Waals surface area contributed by atoms with E-state index in [1.165, 1.54) is 11.1 Å². The van der Waals surface area contributed by atoms with Crippen molar-refractivity contribution in [3.63, 3.8) is 0 Å². The number of carbonyl (C=O) groups is 1. The predicted molar refractivity (Wildman–Crippen MR) is 96.4 cm³/mol. The molecule has 4 nitrogen and oxygen atoms in total. The fraction of sp³-hybridized carbons (Fsp3) is 0.667. The van der Waals surface area contributed by atoms with E-state index in [1.54, 1.807) is 0 Å². The van der Waals surface area contributed by atoms with Gasteiger partial charge in [-0.15, -0.1) is 0 Å². The number of benzene rings is 1. The van der Waals surface area contributed by atoms with Gasteiger partial charge in [0.25, 0.3) is 0 Å². The first-order valence-electron chi connectivity index (χ1n) is 9.79. The fourth-order valence-corrected chi connectivity index (χ4v) is 5.19. The van der Waals surface area contributed by atoms with Crippen molar-refractivity contribution in [2.75, 3.05) is 19.7 Å². The zero-order valence-corrected chi connectivity index (χ0v) is 15.1. The molecular weight excluding hydrogens is 314 g/mol. The first-order valence-corrected chi connectivity index (χ1v) is 9.79. The van der Waals surface area contributed by atoms with Gasteiger partial charge in [0.15, 0.2) is 0 Å². The molecule has 25 heavy (non-hydrogen) atoms. The van der Waals surface area contributed by atoms with Gasteiger partial charge in [0, 0.05) is 38.0 Å². The van der Waals surface area contributed by atoms with Crippen molar-refractivity contribution in [3.8, 4) is 0 Å². The lowest BCUT2D eigenvalue weighted by molar-refractivity contribution is -0.210. The lowest BCUT2D eigenvalue weighted by atomic mass is 9.58. The van der Waals surface area contributed by atoms with Crippen molar-refractivity contribution >= 4 is 5.91 Å². The average molecular weight is 343 g/mol. The summed E-state index contributed by atoms with van der Waals surface area (Å²) in [6.07, 6.45) is 5.21. The van der Waals surface area contributed by atoms with Crippen LogP contribution in [0.1, 0.15) is 56.1 Å². The summed E-state index contributed by atoms with van der Waals surface area (Å²) in [6.45, 7) is 4.22. The minimum absolute atomic E-state index is 0.104. The molecule has 2 aliphatic carbocycles. The minimum Gasteiger partial charge on any atom is -0.392 e. The van der Waals surface area contributed by atoms with Crippen molar-refractivity contribution in [3.05, 3.63) is 35.4 Å². The highest BCUT2D eigenvalue weighted by molar-refractivity contribution is 5.77. The fourth-order valence-electron chi connectivity index (χ4n) is 5.19. The summed E-state index contributed by atoms with van der Waals surface area (Å²) < 4.78 is 5.82. The number of aliphatic hydroxyl groups is 1. The molecule has 2 fully saturated rings. The third-order valence-electron chi connectivity index (χ3n) is 6.84. The molecule has 136 valence electrons. The van der Waals surface area contributed by atoms with E-state index >= 15 is 0 Å². The number of nitrogens with zero attached hydrogens (tertiary/aromatic N) is 1. The second-order valence-electron chi connectivity index (χ2n) is 7.95. The Labute approximate surface area is 150 Å². The zero-order valence-electron chi connectivity index (χ0n) is 15.1. The van der Waals surface area contributed by atoms with Crippen molar-refractivity contribution in [2.45, 2.75) is 63.6 Å². The summed E-state index contributed by atoms with van der Waals surface area (Å²) in [5.41, 5.74) is 2.68. The molecular formula is C21H29NO3. The van der Waals surface area contributed by atoms with Gasteiger partial charge in [0.1, 0.15) is 0 Å². The van der Waals surface area contributed by atoms with Gasteiger partial charge in [-0.1, -0.05) is 24.3 Å². The van der Waals surface area contributed by atoms with Gasteiger partial charge in [0.05, 0.1) is 12.2 Å². The van der Waals surface area contributed by atoms with Crippen LogP contribution in [0, 0.1) is 5.41 Å². The molecule has 0 radical (unpaired) electrons. The topological polar surface area (TPSA) is 49.8 Å². The number of rotatable bonds is 4. The maximum Gasteiger partial charge on any atom is 0.223 e. The summed E-state index contributed by atoms with van der Waals surface area (Å²) in [6, 6.07) is 8.54. The monoisotopic (exact) mass is 343 g/mol. The number of ether oxygens (including phenoxy) is 1. The zero-order chi connectivity index (χ0) is 17.4. The van der Waals surface area contributed by atoms with Crippen LogP contribution in [0.2, 0.25) is 0 Å². The van der Waals surface area contributed by atoms with Crippen LogP contribution in [-0.2, 0) is 16.0 Å². The van der Waals surface area contributed by atoms with Crippen molar-refractivity contribution in [1.29, 1.82) is 0 Å². The number of amides is 1. The second-order valence-corrected chi connectivity index (χ2v) is 7.95. The van der Waals surface area contributed by atoms with Crippen LogP contribution in [0.25, 0.3) is 0 Å². The van der Waals surface area contributed by atoms with Crippen LogP contribution >= 0.6 is 0 Å².